The predicted molar refractivity (Wildman–Crippen MR) is 84.7 cm³/mol. The van der Waals surface area contributed by atoms with E-state index in [0.29, 0.717) is 17.1 Å². The van der Waals surface area contributed by atoms with E-state index in [0.717, 1.165) is 16.7 Å². The number of thiocarbonyl (C=S) groups is 3. The van der Waals surface area contributed by atoms with Gasteiger partial charge in [0.15, 0.2) is 0 Å². The van der Waals surface area contributed by atoms with Gasteiger partial charge < -0.3 is 0 Å². The van der Waals surface area contributed by atoms with Crippen molar-refractivity contribution in [3.05, 3.63) is 16.7 Å². The first-order chi connectivity index (χ1) is 8.58. The Labute approximate surface area is 121 Å². The Hall–Kier alpha value is -1.38. The summed E-state index contributed by atoms with van der Waals surface area (Å²) in [7, 11) is 0. The summed E-state index contributed by atoms with van der Waals surface area (Å²) in [4.78, 5) is 12.2. The lowest BCUT2D eigenvalue weighted by Crippen LogP contribution is -1.88. The third kappa shape index (κ3) is 2.71. The minimum Gasteiger partial charge on any atom is -0.194 e. The number of hydrogen-bond donors (Lipinski definition) is 0. The van der Waals surface area contributed by atoms with Gasteiger partial charge in [-0.05, 0) is 57.4 Å². The molecule has 1 rings (SSSR count). The quantitative estimate of drug-likeness (QED) is 0.592. The molecule has 0 saturated carbocycles. The second kappa shape index (κ2) is 6.53. The summed E-state index contributed by atoms with van der Waals surface area (Å²) in [6.45, 7) is 5.67. The van der Waals surface area contributed by atoms with Gasteiger partial charge in [0, 0.05) is 16.7 Å². The molecule has 0 fully saturated rings. The van der Waals surface area contributed by atoms with Crippen LogP contribution in [0.3, 0.4) is 0 Å². The first kappa shape index (κ1) is 14.7. The summed E-state index contributed by atoms with van der Waals surface area (Å²) in [5, 5.41) is 7.07. The van der Waals surface area contributed by atoms with Crippen LogP contribution in [0.1, 0.15) is 16.7 Å². The highest BCUT2D eigenvalue weighted by Gasteiger charge is 2.16. The van der Waals surface area contributed by atoms with Crippen LogP contribution < -0.4 is 0 Å². The van der Waals surface area contributed by atoms with Gasteiger partial charge in [0.05, 0.1) is 32.5 Å². The van der Waals surface area contributed by atoms with Crippen LogP contribution in [0, 0.1) is 20.8 Å². The number of hydrogen-bond acceptors (Lipinski definition) is 6. The van der Waals surface area contributed by atoms with Crippen molar-refractivity contribution in [3.8, 4) is 0 Å². The van der Waals surface area contributed by atoms with Crippen molar-refractivity contribution in [1.29, 1.82) is 0 Å². The molecule has 0 N–H and O–H groups in total. The zero-order chi connectivity index (χ0) is 13.7. The summed E-state index contributed by atoms with van der Waals surface area (Å²) >= 11 is 14.0. The molecule has 0 aliphatic carbocycles. The normalized spacial score (nSPS) is 8.83. The van der Waals surface area contributed by atoms with Gasteiger partial charge in [0.2, 0.25) is 0 Å². The zero-order valence-corrected chi connectivity index (χ0v) is 12.5. The highest BCUT2D eigenvalue weighted by Crippen LogP contribution is 2.42. The lowest BCUT2D eigenvalue weighted by molar-refractivity contribution is 1.25. The molecule has 0 saturated heterocycles. The summed E-state index contributed by atoms with van der Waals surface area (Å²) in [6, 6.07) is 0. The van der Waals surface area contributed by atoms with Crippen molar-refractivity contribution in [2.24, 2.45) is 15.0 Å². The second-order valence-corrected chi connectivity index (χ2v) is 4.08. The minimum atomic E-state index is 0.684. The maximum atomic E-state index is 4.65. The Bertz CT molecular complexity index is 533. The molecule has 1 aromatic rings. The Morgan fingerprint density at radius 1 is 0.611 bits per heavy atom. The van der Waals surface area contributed by atoms with Gasteiger partial charge in [-0.1, -0.05) is 0 Å². The molecule has 0 aromatic heterocycles. The van der Waals surface area contributed by atoms with Crippen LogP contribution in [0.15, 0.2) is 15.0 Å². The van der Waals surface area contributed by atoms with Crippen LogP contribution in [0.25, 0.3) is 0 Å². The molecule has 3 nitrogen and oxygen atoms in total. The van der Waals surface area contributed by atoms with E-state index in [9.17, 15) is 0 Å². The highest BCUT2D eigenvalue weighted by molar-refractivity contribution is 7.78. The highest BCUT2D eigenvalue weighted by atomic mass is 32.1. The number of aliphatic imine (C=N–C) groups is 3. The molecule has 0 unspecified atom stereocenters. The second-order valence-electron chi connectivity index (χ2n) is 3.53. The van der Waals surface area contributed by atoms with E-state index in [2.05, 4.69) is 67.1 Å². The van der Waals surface area contributed by atoms with Crippen molar-refractivity contribution in [2.75, 3.05) is 0 Å². The molecule has 0 amide bonds. The lowest BCUT2D eigenvalue weighted by Gasteiger charge is -2.13. The van der Waals surface area contributed by atoms with E-state index in [-0.39, 0.29) is 0 Å². The van der Waals surface area contributed by atoms with E-state index in [1.165, 1.54) is 0 Å². The molecule has 0 spiro atoms. The Morgan fingerprint density at radius 2 is 0.833 bits per heavy atom. The predicted octanol–water partition coefficient (Wildman–Crippen LogP) is 4.81. The van der Waals surface area contributed by atoms with Crippen molar-refractivity contribution in [1.82, 2.24) is 0 Å². The van der Waals surface area contributed by atoms with Crippen LogP contribution in [0.4, 0.5) is 17.1 Å². The fourth-order valence-corrected chi connectivity index (χ4v) is 2.09. The molecule has 0 bridgehead atoms. The third-order valence-electron chi connectivity index (χ3n) is 2.60. The average molecular weight is 291 g/mol. The van der Waals surface area contributed by atoms with Crippen molar-refractivity contribution < 1.29 is 0 Å². The molecule has 90 valence electrons. The van der Waals surface area contributed by atoms with E-state index in [1.54, 1.807) is 0 Å². The maximum Gasteiger partial charge on any atom is 0.0841 e. The Balaban J connectivity index is 3.91. The van der Waals surface area contributed by atoms with Gasteiger partial charge in [-0.3, -0.25) is 0 Å². The first-order valence-electron chi connectivity index (χ1n) is 4.95. The van der Waals surface area contributed by atoms with Crippen LogP contribution in [-0.4, -0.2) is 15.5 Å². The van der Waals surface area contributed by atoms with Gasteiger partial charge >= 0.3 is 0 Å². The third-order valence-corrected chi connectivity index (χ3v) is 2.88. The van der Waals surface area contributed by atoms with E-state index >= 15 is 0 Å². The molecule has 0 aliphatic heterocycles. The van der Waals surface area contributed by atoms with E-state index in [4.69, 9.17) is 0 Å². The fourth-order valence-electron chi connectivity index (χ4n) is 1.82. The van der Waals surface area contributed by atoms with Crippen molar-refractivity contribution in [3.63, 3.8) is 0 Å². The smallest absolute Gasteiger partial charge is 0.0841 e. The van der Waals surface area contributed by atoms with E-state index in [1.807, 2.05) is 20.8 Å². The Kier molecular flexibility index (Phi) is 5.32. The molecule has 0 heterocycles. The van der Waals surface area contributed by atoms with Crippen LogP contribution in [0.2, 0.25) is 0 Å². The summed E-state index contributed by atoms with van der Waals surface area (Å²) in [6.07, 6.45) is 0. The standard InChI is InChI=1S/C12H9N3S3/c1-7-10(13-4-16)8(2)12(15-6-18)9(3)11(7)14-5-17/h1-3H3. The molecular weight excluding hydrogens is 282 g/mol. The van der Waals surface area contributed by atoms with Crippen LogP contribution in [-0.2, 0) is 0 Å². The minimum absolute atomic E-state index is 0.684. The monoisotopic (exact) mass is 291 g/mol. The van der Waals surface area contributed by atoms with Gasteiger partial charge in [-0.15, -0.1) is 0 Å². The molecule has 18 heavy (non-hydrogen) atoms. The van der Waals surface area contributed by atoms with E-state index < -0.39 is 0 Å². The summed E-state index contributed by atoms with van der Waals surface area (Å²) in [5.41, 5.74) is 4.64. The molecule has 0 atom stereocenters. The molecule has 1 aromatic carbocycles. The summed E-state index contributed by atoms with van der Waals surface area (Å²) in [5.74, 6) is 0. The topological polar surface area (TPSA) is 37.1 Å². The van der Waals surface area contributed by atoms with Crippen molar-refractivity contribution >= 4 is 69.2 Å². The first-order valence-corrected chi connectivity index (χ1v) is 6.18. The van der Waals surface area contributed by atoms with Gasteiger partial charge in [0.1, 0.15) is 0 Å². The Morgan fingerprint density at radius 3 is 1.00 bits per heavy atom. The molecule has 6 heteroatoms. The molecule has 0 aliphatic rings. The fraction of sp³-hybridized carbons (Fsp3) is 0.250. The van der Waals surface area contributed by atoms with Gasteiger partial charge in [-0.2, -0.15) is 15.0 Å². The number of rotatable bonds is 3. The van der Waals surface area contributed by atoms with Crippen LogP contribution in [0.5, 0.6) is 0 Å². The maximum absolute atomic E-state index is 4.65. The number of isothiocyanates is 3. The average Bonchev–Trinajstić information content (AvgIpc) is 2.35. The summed E-state index contributed by atoms with van der Waals surface area (Å²) < 4.78 is 0. The lowest BCUT2D eigenvalue weighted by atomic mass is 9.99. The van der Waals surface area contributed by atoms with Crippen LogP contribution >= 0.6 is 36.7 Å². The SMILES string of the molecule is Cc1c(N=C=S)c(C)c(N=C=S)c(C)c1N=C=S. The largest absolute Gasteiger partial charge is 0.194 e. The van der Waals surface area contributed by atoms with Gasteiger partial charge in [-0.25, -0.2) is 0 Å². The number of nitrogens with zero attached hydrogens (tertiary/aromatic N) is 3. The van der Waals surface area contributed by atoms with Crippen molar-refractivity contribution in [2.45, 2.75) is 20.8 Å². The van der Waals surface area contributed by atoms with Gasteiger partial charge in [0.25, 0.3) is 0 Å². The molecule has 0 radical (unpaired) electrons. The zero-order valence-electron chi connectivity index (χ0n) is 10.1. The molecular formula is C12H9N3S3. The number of benzene rings is 1.